The van der Waals surface area contributed by atoms with E-state index in [-0.39, 0.29) is 17.1 Å². The summed E-state index contributed by atoms with van der Waals surface area (Å²) in [5.41, 5.74) is 4.62. The summed E-state index contributed by atoms with van der Waals surface area (Å²) in [5.74, 6) is -0.345. The Hall–Kier alpha value is -3.64. The van der Waals surface area contributed by atoms with Gasteiger partial charge in [-0.2, -0.15) is 0 Å². The minimum absolute atomic E-state index is 0.0206. The lowest BCUT2D eigenvalue weighted by Gasteiger charge is -2.18. The number of carbonyl (C=O) groups is 3. The molecule has 1 saturated heterocycles. The highest BCUT2D eigenvalue weighted by Gasteiger charge is 2.24. The molecule has 0 spiro atoms. The molecule has 3 aromatic rings. The summed E-state index contributed by atoms with van der Waals surface area (Å²) in [6.07, 6.45) is 2.04. The van der Waals surface area contributed by atoms with Crippen LogP contribution in [0.5, 0.6) is 0 Å². The molecule has 4 rings (SSSR count). The van der Waals surface area contributed by atoms with E-state index in [4.69, 9.17) is 0 Å². The third kappa shape index (κ3) is 4.92. The van der Waals surface area contributed by atoms with E-state index in [0.717, 1.165) is 39.7 Å². The predicted octanol–water partition coefficient (Wildman–Crippen LogP) is 4.88. The van der Waals surface area contributed by atoms with Gasteiger partial charge in [-0.05, 0) is 52.2 Å². The van der Waals surface area contributed by atoms with E-state index in [0.29, 0.717) is 11.3 Å². The van der Waals surface area contributed by atoms with Gasteiger partial charge in [0.05, 0.1) is 11.3 Å². The van der Waals surface area contributed by atoms with Crippen molar-refractivity contribution in [3.8, 4) is 11.1 Å². The molecule has 0 aromatic heterocycles. The molecule has 0 atom stereocenters. The van der Waals surface area contributed by atoms with Crippen LogP contribution in [0.2, 0.25) is 0 Å². The van der Waals surface area contributed by atoms with Crippen molar-refractivity contribution in [1.29, 1.82) is 0 Å². The first-order valence-electron chi connectivity index (χ1n) is 9.75. The van der Waals surface area contributed by atoms with Gasteiger partial charge in [-0.25, -0.2) is 0 Å². The van der Waals surface area contributed by atoms with E-state index >= 15 is 0 Å². The van der Waals surface area contributed by atoms with Gasteiger partial charge in [-0.15, -0.1) is 0 Å². The number of hydrogen-bond donors (Lipinski definition) is 1. The third-order valence-corrected chi connectivity index (χ3v) is 5.80. The van der Waals surface area contributed by atoms with E-state index in [9.17, 15) is 14.4 Å². The monoisotopic (exact) mass is 428 g/mol. The number of benzene rings is 3. The Kier molecular flexibility index (Phi) is 6.00. The van der Waals surface area contributed by atoms with Crippen molar-refractivity contribution >= 4 is 40.6 Å². The lowest BCUT2D eigenvalue weighted by atomic mass is 10.0. The van der Waals surface area contributed by atoms with Crippen LogP contribution in [0.1, 0.15) is 11.1 Å². The Morgan fingerprint density at radius 2 is 1.68 bits per heavy atom. The average Bonchev–Trinajstić information content (AvgIpc) is 3.11. The zero-order chi connectivity index (χ0) is 21.8. The molecule has 0 bridgehead atoms. The molecule has 1 aliphatic heterocycles. The molecule has 1 heterocycles. The first-order valence-corrected chi connectivity index (χ1v) is 10.6. The van der Waals surface area contributed by atoms with Crippen molar-refractivity contribution < 1.29 is 14.4 Å². The Morgan fingerprint density at radius 1 is 0.935 bits per heavy atom. The van der Waals surface area contributed by atoms with Gasteiger partial charge in [0.1, 0.15) is 0 Å². The zero-order valence-electron chi connectivity index (χ0n) is 16.9. The highest BCUT2D eigenvalue weighted by Crippen LogP contribution is 2.28. The number of rotatable bonds is 5. The fraction of sp³-hybridized carbons (Fsp3) is 0.0800. The fourth-order valence-electron chi connectivity index (χ4n) is 3.27. The molecule has 154 valence electrons. The van der Waals surface area contributed by atoms with E-state index in [1.165, 1.54) is 0 Å². The summed E-state index contributed by atoms with van der Waals surface area (Å²) in [6, 6.07) is 25.2. The highest BCUT2D eigenvalue weighted by atomic mass is 32.2. The molecule has 0 radical (unpaired) electrons. The standard InChI is InChI=1S/C25H20N2O3S/c1-27(23(28)15-17-6-3-2-4-7-17)21-9-5-8-20(16-21)19-12-10-18(11-13-19)14-22-24(29)26-25(30)31-22/h2-14,16H,15H2,1H3,(H,26,29,30)/b22-14+. The second-order valence-corrected chi connectivity index (χ2v) is 8.15. The molecule has 1 N–H and O–H groups in total. The molecule has 31 heavy (non-hydrogen) atoms. The van der Waals surface area contributed by atoms with Crippen LogP contribution in [0.25, 0.3) is 17.2 Å². The van der Waals surface area contributed by atoms with Gasteiger partial charge >= 0.3 is 0 Å². The second kappa shape index (κ2) is 9.02. The number of carbonyl (C=O) groups excluding carboxylic acids is 3. The minimum atomic E-state index is -0.366. The van der Waals surface area contributed by atoms with Gasteiger partial charge in [-0.3, -0.25) is 19.7 Å². The maximum absolute atomic E-state index is 12.7. The summed E-state index contributed by atoms with van der Waals surface area (Å²) >= 11 is 0.901. The highest BCUT2D eigenvalue weighted by molar-refractivity contribution is 8.18. The molecular weight excluding hydrogens is 408 g/mol. The van der Waals surface area contributed by atoms with Crippen molar-refractivity contribution in [2.24, 2.45) is 0 Å². The van der Waals surface area contributed by atoms with Gasteiger partial charge in [-0.1, -0.05) is 66.7 Å². The summed E-state index contributed by atoms with van der Waals surface area (Å²) in [6.45, 7) is 0. The molecular formula is C25H20N2O3S. The molecule has 3 aromatic carbocycles. The topological polar surface area (TPSA) is 66.5 Å². The maximum atomic E-state index is 12.7. The molecule has 0 unspecified atom stereocenters. The molecule has 0 aliphatic carbocycles. The van der Waals surface area contributed by atoms with Crippen molar-refractivity contribution in [3.63, 3.8) is 0 Å². The third-order valence-electron chi connectivity index (χ3n) is 4.99. The number of anilines is 1. The van der Waals surface area contributed by atoms with E-state index in [1.54, 1.807) is 18.0 Å². The van der Waals surface area contributed by atoms with Crippen LogP contribution >= 0.6 is 11.8 Å². The number of amides is 3. The van der Waals surface area contributed by atoms with Crippen LogP contribution in [-0.2, 0) is 16.0 Å². The van der Waals surface area contributed by atoms with Crippen LogP contribution in [-0.4, -0.2) is 24.1 Å². The lowest BCUT2D eigenvalue weighted by Crippen LogP contribution is -2.27. The number of nitrogens with zero attached hydrogens (tertiary/aromatic N) is 1. The van der Waals surface area contributed by atoms with Gasteiger partial charge in [0.2, 0.25) is 5.91 Å². The quantitative estimate of drug-likeness (QED) is 0.588. The van der Waals surface area contributed by atoms with Crippen LogP contribution in [0.3, 0.4) is 0 Å². The van der Waals surface area contributed by atoms with Crippen LogP contribution in [0.15, 0.2) is 83.8 Å². The number of hydrogen-bond acceptors (Lipinski definition) is 4. The number of likely N-dealkylation sites (N-methyl/N-ethyl adjacent to an activating group) is 1. The lowest BCUT2D eigenvalue weighted by molar-refractivity contribution is -0.117. The zero-order valence-corrected chi connectivity index (χ0v) is 17.7. The molecule has 3 amide bonds. The minimum Gasteiger partial charge on any atom is -0.315 e. The van der Waals surface area contributed by atoms with Gasteiger partial charge in [0.25, 0.3) is 11.1 Å². The summed E-state index contributed by atoms with van der Waals surface area (Å²) in [7, 11) is 1.78. The SMILES string of the molecule is CN(C(=O)Cc1ccccc1)c1cccc(-c2ccc(/C=C3/SC(=O)NC3=O)cc2)c1. The van der Waals surface area contributed by atoms with Crippen molar-refractivity contribution in [3.05, 3.63) is 94.9 Å². The Morgan fingerprint density at radius 3 is 2.35 bits per heavy atom. The van der Waals surface area contributed by atoms with Crippen molar-refractivity contribution in [2.45, 2.75) is 6.42 Å². The van der Waals surface area contributed by atoms with E-state index in [1.807, 2.05) is 78.9 Å². The number of thioether (sulfide) groups is 1. The predicted molar refractivity (Wildman–Crippen MR) is 125 cm³/mol. The summed E-state index contributed by atoms with van der Waals surface area (Å²) in [4.78, 5) is 37.7. The summed E-state index contributed by atoms with van der Waals surface area (Å²) < 4.78 is 0. The molecule has 5 nitrogen and oxygen atoms in total. The normalized spacial score (nSPS) is 14.5. The van der Waals surface area contributed by atoms with E-state index < -0.39 is 0 Å². The van der Waals surface area contributed by atoms with Crippen molar-refractivity contribution in [2.75, 3.05) is 11.9 Å². The molecule has 6 heteroatoms. The number of imide groups is 1. The first-order chi connectivity index (χ1) is 15.0. The Labute approximate surface area is 184 Å². The largest absolute Gasteiger partial charge is 0.315 e. The first kappa shape index (κ1) is 20.6. The van der Waals surface area contributed by atoms with Gasteiger partial charge in [0.15, 0.2) is 0 Å². The summed E-state index contributed by atoms with van der Waals surface area (Å²) in [5, 5.41) is 1.90. The van der Waals surface area contributed by atoms with Gasteiger partial charge in [0, 0.05) is 12.7 Å². The second-order valence-electron chi connectivity index (χ2n) is 7.14. The van der Waals surface area contributed by atoms with Gasteiger partial charge < -0.3 is 4.90 Å². The van der Waals surface area contributed by atoms with Crippen LogP contribution in [0, 0.1) is 0 Å². The molecule has 1 fully saturated rings. The van der Waals surface area contributed by atoms with E-state index in [2.05, 4.69) is 5.32 Å². The maximum Gasteiger partial charge on any atom is 0.290 e. The smallest absolute Gasteiger partial charge is 0.290 e. The Balaban J connectivity index is 1.50. The molecule has 0 saturated carbocycles. The molecule has 1 aliphatic rings. The Bertz CT molecular complexity index is 1170. The van der Waals surface area contributed by atoms with Crippen LogP contribution < -0.4 is 10.2 Å². The van der Waals surface area contributed by atoms with Crippen LogP contribution in [0.4, 0.5) is 10.5 Å². The fourth-order valence-corrected chi connectivity index (χ4v) is 3.95. The average molecular weight is 429 g/mol. The number of nitrogens with one attached hydrogen (secondary N) is 1. The van der Waals surface area contributed by atoms with Crippen molar-refractivity contribution in [1.82, 2.24) is 5.32 Å².